The molecule has 0 bridgehead atoms. The second kappa shape index (κ2) is 11.9. The smallest absolute Gasteiger partial charge is 0.287 e. The maximum atomic E-state index is 15.1. The molecule has 1 N–H and O–H groups in total. The molecule has 0 radical (unpaired) electrons. The first-order chi connectivity index (χ1) is 21.7. The molecule has 0 aliphatic carbocycles. The van der Waals surface area contributed by atoms with Crippen molar-refractivity contribution in [3.63, 3.8) is 0 Å². The van der Waals surface area contributed by atoms with Gasteiger partial charge < -0.3 is 29.2 Å². The summed E-state index contributed by atoms with van der Waals surface area (Å²) in [6.07, 6.45) is 3.44. The van der Waals surface area contributed by atoms with Crippen molar-refractivity contribution in [3.05, 3.63) is 73.5 Å². The Balaban J connectivity index is 1.35. The highest BCUT2D eigenvalue weighted by Gasteiger charge is 2.47. The Labute approximate surface area is 256 Å². The molecule has 1 aliphatic rings. The van der Waals surface area contributed by atoms with Crippen molar-refractivity contribution < 1.29 is 32.5 Å². The summed E-state index contributed by atoms with van der Waals surface area (Å²) in [6, 6.07) is 10.2. The number of likely N-dealkylation sites (tertiary alicyclic amines) is 1. The fourth-order valence-electron chi connectivity index (χ4n) is 5.07. The molecule has 5 aromatic rings. The number of pyridine rings is 1. The molecular weight excluding hydrogens is 588 g/mol. The number of halogens is 2. The van der Waals surface area contributed by atoms with Gasteiger partial charge in [0.1, 0.15) is 47.2 Å². The molecule has 1 unspecified atom stereocenters. The molecule has 14 heteroatoms. The predicted molar refractivity (Wildman–Crippen MR) is 161 cm³/mol. The average molecular weight is 618 g/mol. The lowest BCUT2D eigenvalue weighted by Gasteiger charge is -2.38. The van der Waals surface area contributed by atoms with Crippen molar-refractivity contribution in [2.45, 2.75) is 25.4 Å². The number of methoxy groups -OCH3 is 2. The summed E-state index contributed by atoms with van der Waals surface area (Å²) in [4.78, 5) is 26.5. The van der Waals surface area contributed by atoms with Gasteiger partial charge in [-0.2, -0.15) is 5.10 Å². The third-order valence-corrected chi connectivity index (χ3v) is 7.47. The van der Waals surface area contributed by atoms with E-state index >= 15 is 8.78 Å². The second-order valence-electron chi connectivity index (χ2n) is 10.3. The number of amides is 1. The van der Waals surface area contributed by atoms with E-state index in [2.05, 4.69) is 31.9 Å². The zero-order valence-corrected chi connectivity index (χ0v) is 24.7. The SMILES string of the molecule is C=CC(=O)N1CCC(F)(F)C(Oc2cc(OC)cc3ncnc(Nc4cc(C)c(Oc5ccn6ncnc6c5)cc4OC)c23)C1. The van der Waals surface area contributed by atoms with Gasteiger partial charge in [0, 0.05) is 43.4 Å². The molecule has 2 aromatic carbocycles. The number of aromatic nitrogens is 5. The van der Waals surface area contributed by atoms with Crippen LogP contribution in [0.3, 0.4) is 0 Å². The van der Waals surface area contributed by atoms with E-state index in [1.54, 1.807) is 35.0 Å². The lowest BCUT2D eigenvalue weighted by atomic mass is 10.0. The van der Waals surface area contributed by atoms with Gasteiger partial charge in [0.25, 0.3) is 5.92 Å². The van der Waals surface area contributed by atoms with E-state index in [9.17, 15) is 4.79 Å². The number of fused-ring (bicyclic) bond motifs is 2. The number of anilines is 2. The maximum Gasteiger partial charge on any atom is 0.287 e. The van der Waals surface area contributed by atoms with Crippen LogP contribution in [0.5, 0.6) is 28.7 Å². The van der Waals surface area contributed by atoms with Crippen LogP contribution < -0.4 is 24.3 Å². The summed E-state index contributed by atoms with van der Waals surface area (Å²) in [5.74, 6) is -1.43. The maximum absolute atomic E-state index is 15.1. The van der Waals surface area contributed by atoms with E-state index in [-0.39, 0.29) is 24.7 Å². The molecule has 1 fully saturated rings. The van der Waals surface area contributed by atoms with E-state index in [0.717, 1.165) is 11.6 Å². The standard InChI is InChI=1S/C31H29F2N7O5/c1-5-28(41)39-9-7-31(32,33)26(15-39)45-25-12-20(42-3)11-22-29(25)30(36-16-34-22)38-21-10-18(2)23(14-24(21)43-4)44-19-6-8-40-27(13-19)35-17-37-40/h5-6,8,10-14,16-17,26H,1,7,9,15H2,2-4H3,(H,34,36,38). The molecule has 12 nitrogen and oxygen atoms in total. The van der Waals surface area contributed by atoms with Crippen LogP contribution in [0.4, 0.5) is 20.3 Å². The molecule has 6 rings (SSSR count). The molecule has 4 heterocycles. The van der Waals surface area contributed by atoms with Crippen LogP contribution in [0.25, 0.3) is 16.6 Å². The summed E-state index contributed by atoms with van der Waals surface area (Å²) < 4.78 is 55.1. The highest BCUT2D eigenvalue weighted by molar-refractivity contribution is 5.97. The highest BCUT2D eigenvalue weighted by atomic mass is 19.3. The van der Waals surface area contributed by atoms with Gasteiger partial charge in [-0.3, -0.25) is 4.79 Å². The van der Waals surface area contributed by atoms with Crippen molar-refractivity contribution in [1.29, 1.82) is 0 Å². The van der Waals surface area contributed by atoms with E-state index in [4.69, 9.17) is 18.9 Å². The Morgan fingerprint density at radius 3 is 2.67 bits per heavy atom. The summed E-state index contributed by atoms with van der Waals surface area (Å²) >= 11 is 0. The van der Waals surface area contributed by atoms with E-state index < -0.39 is 24.4 Å². The monoisotopic (exact) mass is 617 g/mol. The van der Waals surface area contributed by atoms with Crippen molar-refractivity contribution in [2.75, 3.05) is 32.6 Å². The first-order valence-electron chi connectivity index (χ1n) is 13.9. The minimum atomic E-state index is -3.20. The molecule has 0 spiro atoms. The first-order valence-corrected chi connectivity index (χ1v) is 13.9. The minimum absolute atomic E-state index is 0.0598. The van der Waals surface area contributed by atoms with Crippen molar-refractivity contribution in [2.24, 2.45) is 0 Å². The Kier molecular flexibility index (Phi) is 7.79. The predicted octanol–water partition coefficient (Wildman–Crippen LogP) is 5.34. The van der Waals surface area contributed by atoms with Crippen molar-refractivity contribution in [3.8, 4) is 28.7 Å². The minimum Gasteiger partial charge on any atom is -0.497 e. The number of ether oxygens (including phenoxy) is 4. The number of nitrogens with one attached hydrogen (secondary N) is 1. The van der Waals surface area contributed by atoms with Gasteiger partial charge in [-0.15, -0.1) is 0 Å². The topological polar surface area (TPSA) is 125 Å². The summed E-state index contributed by atoms with van der Waals surface area (Å²) in [5.41, 5.74) is 2.32. The number of benzene rings is 2. The number of carbonyl (C=O) groups is 1. The van der Waals surface area contributed by atoms with E-state index in [1.807, 2.05) is 13.0 Å². The zero-order chi connectivity index (χ0) is 31.7. The fraction of sp³-hybridized carbons (Fsp3) is 0.258. The third-order valence-electron chi connectivity index (χ3n) is 7.47. The number of rotatable bonds is 9. The number of hydrogen-bond donors (Lipinski definition) is 1. The molecular formula is C31H29F2N7O5. The van der Waals surface area contributed by atoms with Crippen LogP contribution in [0.1, 0.15) is 12.0 Å². The Hall–Kier alpha value is -5.53. The largest absolute Gasteiger partial charge is 0.497 e. The van der Waals surface area contributed by atoms with Gasteiger partial charge in [0.05, 0.1) is 37.4 Å². The van der Waals surface area contributed by atoms with E-state index in [1.165, 1.54) is 37.8 Å². The summed E-state index contributed by atoms with van der Waals surface area (Å²) in [5, 5.41) is 7.68. The molecule has 0 saturated carbocycles. The Bertz CT molecular complexity index is 1910. The fourth-order valence-corrected chi connectivity index (χ4v) is 5.07. The van der Waals surface area contributed by atoms with Crippen LogP contribution >= 0.6 is 0 Å². The van der Waals surface area contributed by atoms with Crippen LogP contribution in [0, 0.1) is 6.92 Å². The Morgan fingerprint density at radius 2 is 1.89 bits per heavy atom. The zero-order valence-electron chi connectivity index (χ0n) is 24.7. The number of alkyl halides is 2. The van der Waals surface area contributed by atoms with Crippen LogP contribution in [0.15, 0.2) is 67.9 Å². The molecule has 1 aliphatic heterocycles. The summed E-state index contributed by atoms with van der Waals surface area (Å²) in [7, 11) is 2.97. The normalized spacial score (nSPS) is 15.9. The van der Waals surface area contributed by atoms with Crippen LogP contribution in [-0.2, 0) is 4.79 Å². The van der Waals surface area contributed by atoms with Gasteiger partial charge in [-0.25, -0.2) is 28.2 Å². The van der Waals surface area contributed by atoms with Crippen LogP contribution in [-0.4, -0.2) is 74.7 Å². The molecule has 232 valence electrons. The van der Waals surface area contributed by atoms with Crippen molar-refractivity contribution in [1.82, 2.24) is 29.5 Å². The number of hydrogen-bond acceptors (Lipinski definition) is 10. The highest BCUT2D eigenvalue weighted by Crippen LogP contribution is 2.41. The molecule has 1 atom stereocenters. The molecule has 3 aromatic heterocycles. The molecule has 1 saturated heterocycles. The number of nitrogens with zero attached hydrogens (tertiary/aromatic N) is 6. The lowest BCUT2D eigenvalue weighted by molar-refractivity contribution is -0.152. The number of piperidine rings is 1. The molecule has 45 heavy (non-hydrogen) atoms. The Morgan fingerprint density at radius 1 is 1.04 bits per heavy atom. The number of carbonyl (C=O) groups excluding carboxylic acids is 1. The van der Waals surface area contributed by atoms with Gasteiger partial charge in [-0.1, -0.05) is 6.58 Å². The average Bonchev–Trinajstić information content (AvgIpc) is 3.51. The first kappa shape index (κ1) is 29.5. The van der Waals surface area contributed by atoms with Gasteiger partial charge in [0.15, 0.2) is 11.8 Å². The lowest BCUT2D eigenvalue weighted by Crippen LogP contribution is -2.54. The quantitative estimate of drug-likeness (QED) is 0.217. The molecule has 1 amide bonds. The van der Waals surface area contributed by atoms with Crippen LogP contribution in [0.2, 0.25) is 0 Å². The van der Waals surface area contributed by atoms with E-state index in [0.29, 0.717) is 45.2 Å². The second-order valence-corrected chi connectivity index (χ2v) is 10.3. The van der Waals surface area contributed by atoms with Gasteiger partial charge in [0.2, 0.25) is 5.91 Å². The van der Waals surface area contributed by atoms with Crippen molar-refractivity contribution >= 4 is 34.0 Å². The third kappa shape index (κ3) is 5.86. The van der Waals surface area contributed by atoms with Gasteiger partial charge >= 0.3 is 0 Å². The summed E-state index contributed by atoms with van der Waals surface area (Å²) in [6.45, 7) is 4.90. The van der Waals surface area contributed by atoms with Gasteiger partial charge in [-0.05, 0) is 30.7 Å². The number of aryl methyl sites for hydroxylation is 1.